The minimum atomic E-state index is -0.845. The van der Waals surface area contributed by atoms with Crippen LogP contribution in [-0.4, -0.2) is 38.6 Å². The van der Waals surface area contributed by atoms with E-state index >= 15 is 0 Å². The molecule has 0 spiro atoms. The van der Waals surface area contributed by atoms with Gasteiger partial charge in [-0.2, -0.15) is 0 Å². The highest BCUT2D eigenvalue weighted by atomic mass is 32.1. The number of nitrogens with zero attached hydrogens (tertiary/aromatic N) is 4. The standard InChI is InChI=1S/C25H28N4O4S2/c1-5-6-7-8-13-33-18-11-9-17(10-12-18)20-19(21(30)23-14(2)26-15(3)34-23)22(31)24(32)29(20)25-28-27-16(4)35-25/h9-12,20,31H,5-8,13H2,1-4H3. The number of ketones is 1. The van der Waals surface area contributed by atoms with Crippen LogP contribution in [0.4, 0.5) is 5.13 Å². The number of Topliss-reactive ketones (excluding diaryl/α,β-unsaturated/α-hetero) is 1. The molecule has 1 aliphatic heterocycles. The minimum absolute atomic E-state index is 0.0165. The van der Waals surface area contributed by atoms with Crippen molar-refractivity contribution < 1.29 is 19.4 Å². The second kappa shape index (κ2) is 10.7. The molecule has 1 atom stereocenters. The summed E-state index contributed by atoms with van der Waals surface area (Å²) >= 11 is 2.47. The highest BCUT2D eigenvalue weighted by Crippen LogP contribution is 2.43. The van der Waals surface area contributed by atoms with Gasteiger partial charge in [0.1, 0.15) is 10.8 Å². The summed E-state index contributed by atoms with van der Waals surface area (Å²) in [6.45, 7) is 8.15. The fraction of sp³-hybridized carbons (Fsp3) is 0.400. The van der Waals surface area contributed by atoms with Gasteiger partial charge in [-0.15, -0.1) is 21.5 Å². The van der Waals surface area contributed by atoms with Crippen LogP contribution < -0.4 is 9.64 Å². The van der Waals surface area contributed by atoms with E-state index in [1.165, 1.54) is 40.4 Å². The van der Waals surface area contributed by atoms with Crippen LogP contribution in [0.2, 0.25) is 0 Å². The molecule has 2 aromatic heterocycles. The van der Waals surface area contributed by atoms with Gasteiger partial charge < -0.3 is 9.84 Å². The number of amides is 1. The van der Waals surface area contributed by atoms with Crippen molar-refractivity contribution in [3.63, 3.8) is 0 Å². The third kappa shape index (κ3) is 5.13. The summed E-state index contributed by atoms with van der Waals surface area (Å²) in [5.41, 5.74) is 1.25. The van der Waals surface area contributed by atoms with Crippen molar-refractivity contribution >= 4 is 39.5 Å². The number of aliphatic hydroxyl groups excluding tert-OH is 1. The molecule has 0 radical (unpaired) electrons. The summed E-state index contributed by atoms with van der Waals surface area (Å²) in [7, 11) is 0. The zero-order valence-corrected chi connectivity index (χ0v) is 21.8. The Kier molecular flexibility index (Phi) is 7.61. The van der Waals surface area contributed by atoms with E-state index in [0.717, 1.165) is 17.8 Å². The Morgan fingerprint density at radius 2 is 1.80 bits per heavy atom. The molecule has 10 heteroatoms. The van der Waals surface area contributed by atoms with Crippen molar-refractivity contribution in [1.29, 1.82) is 0 Å². The highest BCUT2D eigenvalue weighted by Gasteiger charge is 2.46. The normalized spacial score (nSPS) is 15.8. The number of carbonyl (C=O) groups is 2. The minimum Gasteiger partial charge on any atom is -0.503 e. The quantitative estimate of drug-likeness (QED) is 0.276. The molecule has 1 N–H and O–H groups in total. The Bertz CT molecular complexity index is 1260. The number of ether oxygens (including phenoxy) is 1. The third-order valence-electron chi connectivity index (χ3n) is 5.75. The topological polar surface area (TPSA) is 106 Å². The molecule has 3 heterocycles. The lowest BCUT2D eigenvalue weighted by molar-refractivity contribution is -0.117. The Hall–Kier alpha value is -3.11. The number of unbranched alkanes of at least 4 members (excludes halogenated alkanes) is 3. The number of hydrogen-bond donors (Lipinski definition) is 1. The fourth-order valence-electron chi connectivity index (χ4n) is 4.06. The fourth-order valence-corrected chi connectivity index (χ4v) is 5.65. The van der Waals surface area contributed by atoms with E-state index in [1.54, 1.807) is 13.8 Å². The number of carbonyl (C=O) groups excluding carboxylic acids is 2. The molecule has 3 aromatic rings. The predicted octanol–water partition coefficient (Wildman–Crippen LogP) is 5.66. The van der Waals surface area contributed by atoms with Crippen LogP contribution in [0.5, 0.6) is 5.75 Å². The van der Waals surface area contributed by atoms with Gasteiger partial charge in [0, 0.05) is 0 Å². The van der Waals surface area contributed by atoms with Gasteiger partial charge in [-0.05, 0) is 44.9 Å². The maximum Gasteiger partial charge on any atom is 0.296 e. The summed E-state index contributed by atoms with van der Waals surface area (Å²) in [5.74, 6) is -0.953. The van der Waals surface area contributed by atoms with Gasteiger partial charge in [0.05, 0.1) is 33.8 Å². The molecular formula is C25H28N4O4S2. The summed E-state index contributed by atoms with van der Waals surface area (Å²) in [6, 6.07) is 6.43. The predicted molar refractivity (Wildman–Crippen MR) is 137 cm³/mol. The summed E-state index contributed by atoms with van der Waals surface area (Å²) in [4.78, 5) is 32.9. The SMILES string of the molecule is CCCCCCOc1ccc(C2C(C(=O)c3sc(C)nc3C)=C(O)C(=O)N2c2nnc(C)s2)cc1. The number of anilines is 1. The van der Waals surface area contributed by atoms with E-state index in [2.05, 4.69) is 22.1 Å². The molecule has 1 aromatic carbocycles. The lowest BCUT2D eigenvalue weighted by atomic mass is 9.95. The molecule has 1 amide bonds. The van der Waals surface area contributed by atoms with Crippen LogP contribution >= 0.6 is 22.7 Å². The Labute approximate surface area is 212 Å². The Morgan fingerprint density at radius 3 is 2.40 bits per heavy atom. The summed E-state index contributed by atoms with van der Waals surface area (Å²) < 4.78 is 5.85. The number of benzene rings is 1. The second-order valence-corrected chi connectivity index (χ2v) is 10.8. The van der Waals surface area contributed by atoms with Crippen molar-refractivity contribution in [3.05, 3.63) is 61.7 Å². The Morgan fingerprint density at radius 1 is 1.06 bits per heavy atom. The number of hydrogen-bond acceptors (Lipinski definition) is 9. The van der Waals surface area contributed by atoms with Gasteiger partial charge in [0.2, 0.25) is 10.9 Å². The maximum atomic E-state index is 13.6. The Balaban J connectivity index is 1.68. The largest absolute Gasteiger partial charge is 0.503 e. The molecule has 1 aliphatic rings. The molecule has 8 nitrogen and oxygen atoms in total. The van der Waals surface area contributed by atoms with E-state index in [1.807, 2.05) is 31.2 Å². The van der Waals surface area contributed by atoms with Crippen LogP contribution in [0.15, 0.2) is 35.6 Å². The van der Waals surface area contributed by atoms with Crippen LogP contribution in [0.25, 0.3) is 0 Å². The molecule has 1 unspecified atom stereocenters. The molecule has 35 heavy (non-hydrogen) atoms. The summed E-state index contributed by atoms with van der Waals surface area (Å²) in [5, 5.41) is 20.8. The number of thiazole rings is 1. The maximum absolute atomic E-state index is 13.6. The number of aryl methyl sites for hydroxylation is 3. The summed E-state index contributed by atoms with van der Waals surface area (Å²) in [6.07, 6.45) is 4.46. The van der Waals surface area contributed by atoms with Crippen molar-refractivity contribution in [3.8, 4) is 5.75 Å². The molecule has 184 valence electrons. The van der Waals surface area contributed by atoms with Crippen LogP contribution in [0.1, 0.15) is 69.6 Å². The molecule has 4 rings (SSSR count). The van der Waals surface area contributed by atoms with Gasteiger partial charge >= 0.3 is 0 Å². The zero-order valence-electron chi connectivity index (χ0n) is 20.2. The van der Waals surface area contributed by atoms with E-state index in [0.29, 0.717) is 38.6 Å². The van der Waals surface area contributed by atoms with Crippen LogP contribution in [0.3, 0.4) is 0 Å². The van der Waals surface area contributed by atoms with Gasteiger partial charge in [0.25, 0.3) is 5.91 Å². The van der Waals surface area contributed by atoms with E-state index in [4.69, 9.17) is 4.74 Å². The first-order chi connectivity index (χ1) is 16.8. The lowest BCUT2D eigenvalue weighted by Gasteiger charge is -2.24. The number of rotatable bonds is 10. The first-order valence-corrected chi connectivity index (χ1v) is 13.2. The molecule has 0 saturated heterocycles. The number of aromatic nitrogens is 3. The van der Waals surface area contributed by atoms with Gasteiger partial charge in [0.15, 0.2) is 5.76 Å². The van der Waals surface area contributed by atoms with Crippen molar-refractivity contribution in [2.75, 3.05) is 11.5 Å². The molecular weight excluding hydrogens is 484 g/mol. The second-order valence-electron chi connectivity index (χ2n) is 8.40. The van der Waals surface area contributed by atoms with Crippen molar-refractivity contribution in [2.45, 2.75) is 59.4 Å². The average Bonchev–Trinajstić information content (AvgIpc) is 3.49. The average molecular weight is 513 g/mol. The van der Waals surface area contributed by atoms with Crippen LogP contribution in [-0.2, 0) is 4.79 Å². The molecule has 0 saturated carbocycles. The lowest BCUT2D eigenvalue weighted by Crippen LogP contribution is -2.31. The van der Waals surface area contributed by atoms with E-state index < -0.39 is 23.5 Å². The van der Waals surface area contributed by atoms with Gasteiger partial charge in [-0.3, -0.25) is 14.5 Å². The smallest absolute Gasteiger partial charge is 0.296 e. The van der Waals surface area contributed by atoms with E-state index in [-0.39, 0.29) is 5.57 Å². The molecule has 0 aliphatic carbocycles. The molecule has 0 bridgehead atoms. The van der Waals surface area contributed by atoms with Crippen molar-refractivity contribution in [2.24, 2.45) is 0 Å². The first kappa shape index (κ1) is 25.0. The van der Waals surface area contributed by atoms with E-state index in [9.17, 15) is 14.7 Å². The first-order valence-electron chi connectivity index (χ1n) is 11.6. The third-order valence-corrected chi connectivity index (χ3v) is 7.66. The number of aliphatic hydroxyl groups is 1. The van der Waals surface area contributed by atoms with Gasteiger partial charge in [-0.1, -0.05) is 49.7 Å². The van der Waals surface area contributed by atoms with Gasteiger partial charge in [-0.25, -0.2) is 4.98 Å². The zero-order chi connectivity index (χ0) is 25.1. The monoisotopic (exact) mass is 512 g/mol. The molecule has 0 fully saturated rings. The van der Waals surface area contributed by atoms with Crippen LogP contribution in [0, 0.1) is 20.8 Å². The highest BCUT2D eigenvalue weighted by molar-refractivity contribution is 7.15. The van der Waals surface area contributed by atoms with Crippen molar-refractivity contribution in [1.82, 2.24) is 15.2 Å².